The summed E-state index contributed by atoms with van der Waals surface area (Å²) in [6.45, 7) is 10.6. The Morgan fingerprint density at radius 3 is 2.62 bits per heavy atom. The second kappa shape index (κ2) is 9.78. The van der Waals surface area contributed by atoms with Crippen LogP contribution in [0.3, 0.4) is 0 Å². The van der Waals surface area contributed by atoms with Crippen LogP contribution in [0.5, 0.6) is 0 Å². The number of nitrogens with zero attached hydrogens (tertiary/aromatic N) is 4. The van der Waals surface area contributed by atoms with Gasteiger partial charge in [0.05, 0.1) is 18.9 Å². The van der Waals surface area contributed by atoms with E-state index >= 15 is 0 Å². The van der Waals surface area contributed by atoms with E-state index < -0.39 is 0 Å². The van der Waals surface area contributed by atoms with Gasteiger partial charge in [-0.05, 0) is 44.4 Å². The third-order valence-corrected chi connectivity index (χ3v) is 5.57. The van der Waals surface area contributed by atoms with Crippen molar-refractivity contribution >= 4 is 11.6 Å². The zero-order chi connectivity index (χ0) is 20.8. The molecule has 1 aliphatic heterocycles. The Hall–Kier alpha value is -2.54. The molecule has 0 bridgehead atoms. The lowest BCUT2D eigenvalue weighted by Gasteiger charge is -2.30. The summed E-state index contributed by atoms with van der Waals surface area (Å²) in [5, 5.41) is 11.5. The molecule has 158 valence electrons. The number of aryl methyl sites for hydroxylation is 2. The molecule has 1 aliphatic rings. The van der Waals surface area contributed by atoms with E-state index in [1.54, 1.807) is 0 Å². The van der Waals surface area contributed by atoms with Crippen LogP contribution >= 0.6 is 0 Å². The van der Waals surface area contributed by atoms with Crippen molar-refractivity contribution in [2.45, 2.75) is 39.8 Å². The molecule has 0 amide bonds. The summed E-state index contributed by atoms with van der Waals surface area (Å²) < 4.78 is 7.45. The number of para-hydroxylation sites is 1. The zero-order valence-electron chi connectivity index (χ0n) is 18.3. The number of aliphatic imine (C=N–C) groups is 1. The third kappa shape index (κ3) is 5.29. The Bertz CT molecular complexity index is 838. The van der Waals surface area contributed by atoms with Crippen LogP contribution in [0.1, 0.15) is 29.4 Å². The molecule has 3 rings (SSSR count). The van der Waals surface area contributed by atoms with Gasteiger partial charge in [-0.25, -0.2) is 0 Å². The SMILES string of the molecule is CN=C(NCc1ccccc1N1CCOCC1)NC(C)Cc1c(C)nn(C)c1C. The lowest BCUT2D eigenvalue weighted by atomic mass is 10.1. The van der Waals surface area contributed by atoms with E-state index in [0.29, 0.717) is 0 Å². The molecule has 1 unspecified atom stereocenters. The number of rotatable bonds is 6. The van der Waals surface area contributed by atoms with Crippen LogP contribution < -0.4 is 15.5 Å². The van der Waals surface area contributed by atoms with Crippen LogP contribution in [0.4, 0.5) is 5.69 Å². The van der Waals surface area contributed by atoms with E-state index in [0.717, 1.165) is 50.9 Å². The molecule has 7 heteroatoms. The summed E-state index contributed by atoms with van der Waals surface area (Å²) in [6, 6.07) is 8.80. The molecule has 0 radical (unpaired) electrons. The maximum absolute atomic E-state index is 5.50. The van der Waals surface area contributed by atoms with E-state index in [-0.39, 0.29) is 6.04 Å². The molecule has 0 saturated carbocycles. The van der Waals surface area contributed by atoms with Gasteiger partial charge in [0.25, 0.3) is 0 Å². The Labute approximate surface area is 174 Å². The highest BCUT2D eigenvalue weighted by atomic mass is 16.5. The summed E-state index contributed by atoms with van der Waals surface area (Å²) >= 11 is 0. The van der Waals surface area contributed by atoms with E-state index in [1.165, 1.54) is 22.5 Å². The van der Waals surface area contributed by atoms with Gasteiger partial charge in [0, 0.05) is 51.2 Å². The molecule has 0 spiro atoms. The van der Waals surface area contributed by atoms with Gasteiger partial charge in [-0.2, -0.15) is 5.10 Å². The molecular weight excluding hydrogens is 364 g/mol. The van der Waals surface area contributed by atoms with Crippen molar-refractivity contribution in [1.29, 1.82) is 0 Å². The molecule has 2 aromatic rings. The highest BCUT2D eigenvalue weighted by molar-refractivity contribution is 5.80. The molecule has 2 N–H and O–H groups in total. The number of morpholine rings is 1. The predicted octanol–water partition coefficient (Wildman–Crippen LogP) is 2.17. The van der Waals surface area contributed by atoms with Crippen molar-refractivity contribution in [2.24, 2.45) is 12.0 Å². The molecule has 1 aromatic carbocycles. The molecule has 29 heavy (non-hydrogen) atoms. The molecule has 1 aromatic heterocycles. The van der Waals surface area contributed by atoms with Crippen molar-refractivity contribution < 1.29 is 4.74 Å². The Kier molecular flexibility index (Phi) is 7.14. The summed E-state index contributed by atoms with van der Waals surface area (Å²) in [5.41, 5.74) is 6.16. The normalized spacial score (nSPS) is 16.0. The monoisotopic (exact) mass is 398 g/mol. The Morgan fingerprint density at radius 1 is 1.24 bits per heavy atom. The lowest BCUT2D eigenvalue weighted by Crippen LogP contribution is -2.43. The van der Waals surface area contributed by atoms with Crippen LogP contribution in [0.25, 0.3) is 0 Å². The summed E-state index contributed by atoms with van der Waals surface area (Å²) in [6.07, 6.45) is 0.913. The van der Waals surface area contributed by atoms with Gasteiger partial charge < -0.3 is 20.3 Å². The van der Waals surface area contributed by atoms with Crippen LogP contribution in [-0.4, -0.2) is 55.1 Å². The standard InChI is InChI=1S/C22H34N6O/c1-16(14-20-17(2)26-27(5)18(20)3)25-22(23-4)24-15-19-8-6-7-9-21(19)28-10-12-29-13-11-28/h6-9,16H,10-15H2,1-5H3,(H2,23,24,25). The highest BCUT2D eigenvalue weighted by Crippen LogP contribution is 2.21. The number of anilines is 1. The predicted molar refractivity (Wildman–Crippen MR) is 119 cm³/mol. The maximum Gasteiger partial charge on any atom is 0.191 e. The van der Waals surface area contributed by atoms with Crippen molar-refractivity contribution in [3.05, 3.63) is 46.8 Å². The molecule has 7 nitrogen and oxygen atoms in total. The van der Waals surface area contributed by atoms with Gasteiger partial charge in [0.1, 0.15) is 0 Å². The smallest absolute Gasteiger partial charge is 0.191 e. The fourth-order valence-electron chi connectivity index (χ4n) is 3.85. The lowest BCUT2D eigenvalue weighted by molar-refractivity contribution is 0.122. The number of nitrogens with one attached hydrogen (secondary N) is 2. The van der Waals surface area contributed by atoms with Crippen LogP contribution in [0, 0.1) is 13.8 Å². The molecule has 1 saturated heterocycles. The first-order valence-electron chi connectivity index (χ1n) is 10.4. The number of guanidine groups is 1. The minimum Gasteiger partial charge on any atom is -0.378 e. The van der Waals surface area contributed by atoms with Crippen LogP contribution in [-0.2, 0) is 24.8 Å². The van der Waals surface area contributed by atoms with Crippen LogP contribution in [0.2, 0.25) is 0 Å². The largest absolute Gasteiger partial charge is 0.378 e. The summed E-state index contributed by atoms with van der Waals surface area (Å²) in [4.78, 5) is 6.81. The second-order valence-corrected chi connectivity index (χ2v) is 7.68. The number of hydrogen-bond donors (Lipinski definition) is 2. The van der Waals surface area contributed by atoms with Gasteiger partial charge >= 0.3 is 0 Å². The van der Waals surface area contributed by atoms with Gasteiger partial charge in [-0.15, -0.1) is 0 Å². The minimum absolute atomic E-state index is 0.247. The number of ether oxygens (including phenoxy) is 1. The average Bonchev–Trinajstić information content (AvgIpc) is 2.98. The van der Waals surface area contributed by atoms with Crippen molar-refractivity contribution in [3.8, 4) is 0 Å². The first kappa shape index (κ1) is 21.2. The van der Waals surface area contributed by atoms with E-state index in [1.807, 2.05) is 18.8 Å². The Balaban J connectivity index is 1.59. The van der Waals surface area contributed by atoms with Crippen molar-refractivity contribution in [1.82, 2.24) is 20.4 Å². The molecule has 2 heterocycles. The number of aromatic nitrogens is 2. The topological polar surface area (TPSA) is 66.7 Å². The fraction of sp³-hybridized carbons (Fsp3) is 0.545. The van der Waals surface area contributed by atoms with E-state index in [9.17, 15) is 0 Å². The molecule has 0 aliphatic carbocycles. The Morgan fingerprint density at radius 2 is 1.97 bits per heavy atom. The van der Waals surface area contributed by atoms with Gasteiger partial charge in [-0.1, -0.05) is 18.2 Å². The van der Waals surface area contributed by atoms with Gasteiger partial charge in [0.2, 0.25) is 0 Å². The van der Waals surface area contributed by atoms with Crippen molar-refractivity contribution in [3.63, 3.8) is 0 Å². The second-order valence-electron chi connectivity index (χ2n) is 7.68. The fourth-order valence-corrected chi connectivity index (χ4v) is 3.85. The van der Waals surface area contributed by atoms with Gasteiger partial charge in [0.15, 0.2) is 5.96 Å². The first-order valence-corrected chi connectivity index (χ1v) is 10.4. The van der Waals surface area contributed by atoms with Crippen molar-refractivity contribution in [2.75, 3.05) is 38.3 Å². The quantitative estimate of drug-likeness (QED) is 0.577. The molecule has 1 fully saturated rings. The zero-order valence-corrected chi connectivity index (χ0v) is 18.3. The molecular formula is C22H34N6O. The first-order chi connectivity index (χ1) is 14.0. The van der Waals surface area contributed by atoms with E-state index in [2.05, 4.69) is 70.7 Å². The van der Waals surface area contributed by atoms with E-state index in [4.69, 9.17) is 4.74 Å². The minimum atomic E-state index is 0.247. The average molecular weight is 399 g/mol. The third-order valence-electron chi connectivity index (χ3n) is 5.57. The van der Waals surface area contributed by atoms with Crippen LogP contribution in [0.15, 0.2) is 29.3 Å². The summed E-state index contributed by atoms with van der Waals surface area (Å²) in [7, 11) is 3.81. The number of benzene rings is 1. The highest BCUT2D eigenvalue weighted by Gasteiger charge is 2.16. The maximum atomic E-state index is 5.50. The molecule has 1 atom stereocenters. The summed E-state index contributed by atoms with van der Waals surface area (Å²) in [5.74, 6) is 0.813. The number of hydrogen-bond acceptors (Lipinski definition) is 4. The van der Waals surface area contributed by atoms with Gasteiger partial charge in [-0.3, -0.25) is 9.67 Å².